The molecule has 210 valence electrons. The second-order valence-corrected chi connectivity index (χ2v) is 9.52. The van der Waals surface area contributed by atoms with Gasteiger partial charge < -0.3 is 40.4 Å². The first-order valence-corrected chi connectivity index (χ1v) is 12.6. The van der Waals surface area contributed by atoms with Crippen molar-refractivity contribution in [3.63, 3.8) is 0 Å². The standard InChI is InChI=1S/C28H29N3O9/c29-14-19-21(33)24(36)27(39-19)38-18(10-9-15-5-4-8-17(13-15)16-6-2-1-3-7-16)25-22(34)23(35)26(40-25)31-12-11-20(32)30-28(31)37/h1-8,11-13,18-19,21-27,33-36H,14,29H2,(H,30,32,37)/t18-,19+,21+,22-,23+,24+,25+,26+,27+/m0/s1. The third-order valence-electron chi connectivity index (χ3n) is 6.86. The number of nitrogens with two attached hydrogens (primary N) is 1. The summed E-state index contributed by atoms with van der Waals surface area (Å²) in [6.07, 6.45) is -11.1. The van der Waals surface area contributed by atoms with Crippen LogP contribution in [0.3, 0.4) is 0 Å². The summed E-state index contributed by atoms with van der Waals surface area (Å²) in [5.74, 6) is 5.86. The van der Waals surface area contributed by atoms with Crippen molar-refractivity contribution in [1.82, 2.24) is 9.55 Å². The first-order chi connectivity index (χ1) is 19.3. The first-order valence-electron chi connectivity index (χ1n) is 12.6. The lowest BCUT2D eigenvalue weighted by Crippen LogP contribution is -2.43. The summed E-state index contributed by atoms with van der Waals surface area (Å²) in [7, 11) is 0. The van der Waals surface area contributed by atoms with Crippen LogP contribution in [0.25, 0.3) is 11.1 Å². The highest BCUT2D eigenvalue weighted by Gasteiger charge is 2.50. The van der Waals surface area contributed by atoms with Crippen LogP contribution < -0.4 is 17.0 Å². The number of benzene rings is 2. The van der Waals surface area contributed by atoms with Gasteiger partial charge in [-0.3, -0.25) is 14.3 Å². The number of rotatable bonds is 6. The van der Waals surface area contributed by atoms with E-state index in [-0.39, 0.29) is 6.54 Å². The second kappa shape index (κ2) is 11.8. The molecule has 12 nitrogen and oxygen atoms in total. The van der Waals surface area contributed by atoms with E-state index < -0.39 is 66.5 Å². The van der Waals surface area contributed by atoms with E-state index >= 15 is 0 Å². The molecule has 0 saturated carbocycles. The van der Waals surface area contributed by atoms with Crippen LogP contribution in [-0.2, 0) is 14.2 Å². The summed E-state index contributed by atoms with van der Waals surface area (Å²) < 4.78 is 18.2. The molecule has 0 bridgehead atoms. The van der Waals surface area contributed by atoms with Gasteiger partial charge in [0.25, 0.3) is 5.56 Å². The topological polar surface area (TPSA) is 189 Å². The average molecular weight is 552 g/mol. The number of nitrogens with one attached hydrogen (secondary N) is 1. The Morgan fingerprint density at radius 2 is 1.68 bits per heavy atom. The van der Waals surface area contributed by atoms with E-state index in [0.29, 0.717) is 5.56 Å². The molecular formula is C28H29N3O9. The number of hydrogen-bond acceptors (Lipinski definition) is 10. The lowest BCUT2D eigenvalue weighted by Gasteiger charge is -2.26. The normalized spacial score (nSPS) is 30.5. The highest BCUT2D eigenvalue weighted by Crippen LogP contribution is 2.33. The zero-order chi connectivity index (χ0) is 28.4. The minimum atomic E-state index is -1.60. The quantitative estimate of drug-likeness (QED) is 0.200. The predicted octanol–water partition coefficient (Wildman–Crippen LogP) is -1.33. The van der Waals surface area contributed by atoms with Crippen molar-refractivity contribution in [2.75, 3.05) is 6.54 Å². The lowest BCUT2D eigenvalue weighted by molar-refractivity contribution is -0.205. The molecule has 9 atom stereocenters. The van der Waals surface area contributed by atoms with Crippen LogP contribution in [0.1, 0.15) is 11.8 Å². The number of aliphatic hydroxyl groups excluding tert-OH is 4. The third-order valence-corrected chi connectivity index (χ3v) is 6.86. The van der Waals surface area contributed by atoms with Crippen molar-refractivity contribution in [3.05, 3.63) is 93.3 Å². The van der Waals surface area contributed by atoms with Crippen molar-refractivity contribution in [2.24, 2.45) is 5.73 Å². The van der Waals surface area contributed by atoms with Crippen LogP contribution in [0, 0.1) is 11.8 Å². The van der Waals surface area contributed by atoms with Crippen molar-refractivity contribution in [2.45, 2.75) is 55.2 Å². The van der Waals surface area contributed by atoms with Gasteiger partial charge in [0.1, 0.15) is 36.6 Å². The van der Waals surface area contributed by atoms with Crippen LogP contribution in [0.15, 0.2) is 76.4 Å². The van der Waals surface area contributed by atoms with Crippen LogP contribution >= 0.6 is 0 Å². The van der Waals surface area contributed by atoms with E-state index in [9.17, 15) is 30.0 Å². The Bertz CT molecular complexity index is 1500. The maximum atomic E-state index is 12.3. The van der Waals surface area contributed by atoms with Gasteiger partial charge in [0, 0.05) is 24.4 Å². The highest BCUT2D eigenvalue weighted by molar-refractivity contribution is 5.65. The molecule has 1 aromatic heterocycles. The zero-order valence-corrected chi connectivity index (χ0v) is 21.1. The smallest absolute Gasteiger partial charge is 0.330 e. The summed E-state index contributed by atoms with van der Waals surface area (Å²) >= 11 is 0. The van der Waals surface area contributed by atoms with E-state index in [0.717, 1.165) is 28.0 Å². The minimum Gasteiger partial charge on any atom is -0.387 e. The summed E-state index contributed by atoms with van der Waals surface area (Å²) in [5, 5.41) is 42.3. The molecule has 40 heavy (non-hydrogen) atoms. The van der Waals surface area contributed by atoms with Crippen LogP contribution in [0.5, 0.6) is 0 Å². The lowest BCUT2D eigenvalue weighted by atomic mass is 10.0. The molecule has 0 radical (unpaired) electrons. The molecule has 2 saturated heterocycles. The monoisotopic (exact) mass is 551 g/mol. The van der Waals surface area contributed by atoms with Gasteiger partial charge in [-0.05, 0) is 23.3 Å². The molecule has 12 heteroatoms. The largest absolute Gasteiger partial charge is 0.387 e. The average Bonchev–Trinajstić information content (AvgIpc) is 3.41. The highest BCUT2D eigenvalue weighted by atomic mass is 16.7. The number of ether oxygens (including phenoxy) is 3. The number of aliphatic hydroxyl groups is 4. The third kappa shape index (κ3) is 5.64. The molecule has 2 aromatic carbocycles. The molecular weight excluding hydrogens is 522 g/mol. The molecule has 0 amide bonds. The predicted molar refractivity (Wildman–Crippen MR) is 141 cm³/mol. The fourth-order valence-corrected chi connectivity index (χ4v) is 4.71. The molecule has 3 aromatic rings. The van der Waals surface area contributed by atoms with E-state index in [2.05, 4.69) is 16.8 Å². The Hall–Kier alpha value is -3.64. The first kappa shape index (κ1) is 27.9. The van der Waals surface area contributed by atoms with E-state index in [1.807, 2.05) is 48.5 Å². The molecule has 3 heterocycles. The molecule has 5 rings (SSSR count). The van der Waals surface area contributed by atoms with Crippen LogP contribution in [0.2, 0.25) is 0 Å². The number of H-pyrrole nitrogens is 1. The Morgan fingerprint density at radius 1 is 0.925 bits per heavy atom. The van der Waals surface area contributed by atoms with Gasteiger partial charge in [0.2, 0.25) is 0 Å². The molecule has 2 aliphatic rings. The van der Waals surface area contributed by atoms with Gasteiger partial charge in [-0.2, -0.15) is 0 Å². The van der Waals surface area contributed by atoms with Crippen molar-refractivity contribution in [3.8, 4) is 23.0 Å². The molecule has 0 spiro atoms. The fourth-order valence-electron chi connectivity index (χ4n) is 4.71. The van der Waals surface area contributed by atoms with Crippen LogP contribution in [-0.4, -0.2) is 85.5 Å². The summed E-state index contributed by atoms with van der Waals surface area (Å²) in [6, 6.07) is 18.1. The van der Waals surface area contributed by atoms with Gasteiger partial charge in [-0.15, -0.1) is 0 Å². The Labute approximate surface area is 228 Å². The second-order valence-electron chi connectivity index (χ2n) is 9.52. The molecule has 7 N–H and O–H groups in total. The van der Waals surface area contributed by atoms with E-state index in [1.54, 1.807) is 6.07 Å². The van der Waals surface area contributed by atoms with Gasteiger partial charge in [-0.1, -0.05) is 54.3 Å². The maximum Gasteiger partial charge on any atom is 0.330 e. The summed E-state index contributed by atoms with van der Waals surface area (Å²) in [5.41, 5.74) is 6.61. The van der Waals surface area contributed by atoms with Crippen molar-refractivity contribution in [1.29, 1.82) is 0 Å². The molecule has 2 fully saturated rings. The number of hydrogen-bond donors (Lipinski definition) is 6. The van der Waals surface area contributed by atoms with E-state index in [4.69, 9.17) is 19.9 Å². The van der Waals surface area contributed by atoms with Gasteiger partial charge >= 0.3 is 5.69 Å². The van der Waals surface area contributed by atoms with Gasteiger partial charge in [-0.25, -0.2) is 4.79 Å². The van der Waals surface area contributed by atoms with E-state index in [1.165, 1.54) is 0 Å². The SMILES string of the molecule is NC[C@H]1O[C@@H](O[C@@H](C#Cc2cccc(-c3ccccc3)c2)[C@H]2O[C@@H](n3ccc(=O)[nH]c3=O)[C@H](O)[C@@H]2O)[C@H](O)[C@@H]1O. The Morgan fingerprint density at radius 3 is 2.38 bits per heavy atom. The summed E-state index contributed by atoms with van der Waals surface area (Å²) in [6.45, 7) is -0.0841. The molecule has 2 aliphatic heterocycles. The molecule has 0 aliphatic carbocycles. The minimum absolute atomic E-state index is 0.0841. The van der Waals surface area contributed by atoms with Gasteiger partial charge in [0.15, 0.2) is 18.6 Å². The number of aromatic nitrogens is 2. The zero-order valence-electron chi connectivity index (χ0n) is 21.1. The number of aromatic amines is 1. The number of nitrogens with zero attached hydrogens (tertiary/aromatic N) is 1. The van der Waals surface area contributed by atoms with Crippen LogP contribution in [0.4, 0.5) is 0 Å². The van der Waals surface area contributed by atoms with Crippen molar-refractivity contribution >= 4 is 0 Å². The summed E-state index contributed by atoms with van der Waals surface area (Å²) in [4.78, 5) is 25.9. The van der Waals surface area contributed by atoms with Crippen molar-refractivity contribution < 1.29 is 34.6 Å². The Balaban J connectivity index is 1.46. The fraction of sp³-hybridized carbons (Fsp3) is 0.357. The maximum absolute atomic E-state index is 12.3. The molecule has 0 unspecified atom stereocenters. The van der Waals surface area contributed by atoms with Gasteiger partial charge in [0.05, 0.1) is 0 Å². The Kier molecular flexibility index (Phi) is 8.27.